The second kappa shape index (κ2) is 11.6. The van der Waals surface area contributed by atoms with Crippen LogP contribution in [0.5, 0.6) is 0 Å². The molecule has 34 heavy (non-hydrogen) atoms. The highest BCUT2D eigenvalue weighted by Crippen LogP contribution is 2.32. The number of thiazole rings is 1. The van der Waals surface area contributed by atoms with Crippen molar-refractivity contribution in [2.45, 2.75) is 45.4 Å². The number of carbonyl (C=O) groups is 1. The molecule has 0 N–H and O–H groups in total. The number of hydrogen-bond donors (Lipinski definition) is 0. The van der Waals surface area contributed by atoms with E-state index in [9.17, 15) is 13.2 Å². The third-order valence-corrected chi connectivity index (χ3v) is 9.15. The zero-order valence-corrected chi connectivity index (χ0v) is 22.6. The number of halogens is 1. The Morgan fingerprint density at radius 2 is 1.74 bits per heavy atom. The summed E-state index contributed by atoms with van der Waals surface area (Å²) in [7, 11) is -3.48. The summed E-state index contributed by atoms with van der Waals surface area (Å²) in [4.78, 5) is 22.3. The molecule has 0 atom stereocenters. The number of aromatic nitrogens is 1. The molecule has 0 fully saturated rings. The molecule has 3 aromatic rings. The van der Waals surface area contributed by atoms with Crippen molar-refractivity contribution in [3.8, 4) is 0 Å². The Morgan fingerprint density at radius 1 is 1.06 bits per heavy atom. The first kappa shape index (κ1) is 26.6. The number of benzene rings is 2. The second-order valence-corrected chi connectivity index (χ2v) is 11.9. The smallest absolute Gasteiger partial charge is 0.228 e. The highest BCUT2D eigenvalue weighted by molar-refractivity contribution is 7.91. The van der Waals surface area contributed by atoms with E-state index >= 15 is 0 Å². The van der Waals surface area contributed by atoms with Gasteiger partial charge in [-0.05, 0) is 74.8 Å². The Morgan fingerprint density at radius 3 is 2.38 bits per heavy atom. The molecule has 0 aliphatic carbocycles. The van der Waals surface area contributed by atoms with Crippen LogP contribution in [0.15, 0.2) is 41.3 Å². The number of amides is 1. The summed E-state index contributed by atoms with van der Waals surface area (Å²) < 4.78 is 26.4. The standard InChI is InChI=1S/C25H32ClN3O3S2/c1-5-28(6-2)13-14-29(25-27-22-17-18(3)16-19(4)24(22)33-25)23(30)8-7-15-34(31,32)21-11-9-20(26)10-12-21/h9-12,16-17H,5-8,13-15H2,1-4H3. The molecule has 0 aliphatic rings. The minimum atomic E-state index is -3.48. The van der Waals surface area contributed by atoms with Gasteiger partial charge in [0.1, 0.15) is 0 Å². The molecule has 9 heteroatoms. The van der Waals surface area contributed by atoms with Crippen molar-refractivity contribution in [2.24, 2.45) is 0 Å². The molecule has 0 unspecified atom stereocenters. The summed E-state index contributed by atoms with van der Waals surface area (Å²) in [6.07, 6.45) is 0.383. The van der Waals surface area contributed by atoms with Crippen LogP contribution in [0.25, 0.3) is 10.2 Å². The van der Waals surface area contributed by atoms with Gasteiger partial charge in [-0.1, -0.05) is 42.9 Å². The maximum Gasteiger partial charge on any atom is 0.228 e. The van der Waals surface area contributed by atoms with E-state index in [4.69, 9.17) is 16.6 Å². The lowest BCUT2D eigenvalue weighted by Crippen LogP contribution is -2.38. The molecule has 1 heterocycles. The Kier molecular flexibility index (Phi) is 9.09. The zero-order valence-electron chi connectivity index (χ0n) is 20.2. The van der Waals surface area contributed by atoms with Gasteiger partial charge in [0.25, 0.3) is 0 Å². The number of anilines is 1. The zero-order chi connectivity index (χ0) is 24.9. The predicted octanol–water partition coefficient (Wildman–Crippen LogP) is 5.50. The van der Waals surface area contributed by atoms with Crippen molar-refractivity contribution in [1.29, 1.82) is 0 Å². The van der Waals surface area contributed by atoms with Gasteiger partial charge in [-0.15, -0.1) is 0 Å². The van der Waals surface area contributed by atoms with E-state index in [1.54, 1.807) is 17.0 Å². The van der Waals surface area contributed by atoms with E-state index < -0.39 is 9.84 Å². The van der Waals surface area contributed by atoms with Gasteiger partial charge in [-0.3, -0.25) is 9.69 Å². The lowest BCUT2D eigenvalue weighted by atomic mass is 10.1. The Bertz CT molecular complexity index is 1240. The fraction of sp³-hybridized carbons (Fsp3) is 0.440. The molecule has 6 nitrogen and oxygen atoms in total. The molecule has 0 aliphatic heterocycles. The van der Waals surface area contributed by atoms with Crippen LogP contribution >= 0.6 is 22.9 Å². The third kappa shape index (κ3) is 6.56. The summed E-state index contributed by atoms with van der Waals surface area (Å²) in [6.45, 7) is 11.3. The lowest BCUT2D eigenvalue weighted by molar-refractivity contribution is -0.118. The second-order valence-electron chi connectivity index (χ2n) is 8.38. The first-order valence-corrected chi connectivity index (χ1v) is 14.4. The molecule has 1 amide bonds. The Hall–Kier alpha value is -2.00. The van der Waals surface area contributed by atoms with Crippen molar-refractivity contribution < 1.29 is 13.2 Å². The van der Waals surface area contributed by atoms with Gasteiger partial charge >= 0.3 is 0 Å². The summed E-state index contributed by atoms with van der Waals surface area (Å²) in [6, 6.07) is 10.3. The van der Waals surface area contributed by atoms with Crippen LogP contribution in [0.1, 0.15) is 37.8 Å². The molecule has 0 radical (unpaired) electrons. The molecule has 0 bridgehead atoms. The van der Waals surface area contributed by atoms with Gasteiger partial charge in [-0.25, -0.2) is 13.4 Å². The van der Waals surface area contributed by atoms with E-state index in [0.29, 0.717) is 16.7 Å². The molecular formula is C25H32ClN3O3S2. The van der Waals surface area contributed by atoms with E-state index in [2.05, 4.69) is 31.7 Å². The van der Waals surface area contributed by atoms with E-state index in [1.807, 2.05) is 13.0 Å². The number of fused-ring (bicyclic) bond motifs is 1. The maximum absolute atomic E-state index is 13.3. The number of aryl methyl sites for hydroxylation is 2. The van der Waals surface area contributed by atoms with Crippen molar-refractivity contribution in [3.05, 3.63) is 52.5 Å². The molecule has 0 saturated heterocycles. The van der Waals surface area contributed by atoms with Gasteiger partial charge in [0.15, 0.2) is 15.0 Å². The van der Waals surface area contributed by atoms with Crippen molar-refractivity contribution >= 4 is 54.0 Å². The first-order chi connectivity index (χ1) is 16.1. The number of nitrogens with zero attached hydrogens (tertiary/aromatic N) is 3. The summed E-state index contributed by atoms with van der Waals surface area (Å²) in [5.41, 5.74) is 3.17. The Labute approximate surface area is 211 Å². The van der Waals surface area contributed by atoms with Crippen LogP contribution in [0.3, 0.4) is 0 Å². The first-order valence-electron chi connectivity index (χ1n) is 11.5. The lowest BCUT2D eigenvalue weighted by Gasteiger charge is -2.24. The normalized spacial score (nSPS) is 11.9. The predicted molar refractivity (Wildman–Crippen MR) is 142 cm³/mol. The van der Waals surface area contributed by atoms with E-state index in [-0.39, 0.29) is 29.4 Å². The van der Waals surface area contributed by atoms with Crippen LogP contribution in [0.2, 0.25) is 5.02 Å². The molecule has 2 aromatic carbocycles. The summed E-state index contributed by atoms with van der Waals surface area (Å²) >= 11 is 7.39. The quantitative estimate of drug-likeness (QED) is 0.333. The monoisotopic (exact) mass is 521 g/mol. The van der Waals surface area contributed by atoms with E-state index in [0.717, 1.165) is 41.0 Å². The minimum Gasteiger partial charge on any atom is -0.302 e. The van der Waals surface area contributed by atoms with Crippen molar-refractivity contribution in [1.82, 2.24) is 9.88 Å². The fourth-order valence-electron chi connectivity index (χ4n) is 3.90. The number of carbonyl (C=O) groups excluding carboxylic acids is 1. The molecule has 3 rings (SSSR count). The average molecular weight is 522 g/mol. The van der Waals surface area contributed by atoms with Crippen molar-refractivity contribution in [2.75, 3.05) is 36.8 Å². The molecule has 1 aromatic heterocycles. The highest BCUT2D eigenvalue weighted by Gasteiger charge is 2.22. The van der Waals surface area contributed by atoms with Crippen LogP contribution in [-0.2, 0) is 14.6 Å². The van der Waals surface area contributed by atoms with Crippen LogP contribution < -0.4 is 4.90 Å². The molecule has 0 spiro atoms. The number of hydrogen-bond acceptors (Lipinski definition) is 6. The number of rotatable bonds is 11. The van der Waals surface area contributed by atoms with Gasteiger partial charge < -0.3 is 4.90 Å². The van der Waals surface area contributed by atoms with Crippen LogP contribution in [-0.4, -0.2) is 56.1 Å². The van der Waals surface area contributed by atoms with Crippen molar-refractivity contribution in [3.63, 3.8) is 0 Å². The maximum atomic E-state index is 13.3. The van der Waals surface area contributed by atoms with Gasteiger partial charge in [0, 0.05) is 24.5 Å². The third-order valence-electron chi connectivity index (χ3n) is 5.85. The SMILES string of the molecule is CCN(CC)CCN(C(=O)CCCS(=O)(=O)c1ccc(Cl)cc1)c1nc2cc(C)cc(C)c2s1. The molecule has 184 valence electrons. The van der Waals surface area contributed by atoms with Crippen LogP contribution in [0.4, 0.5) is 5.13 Å². The number of sulfone groups is 1. The Balaban J connectivity index is 1.77. The average Bonchev–Trinajstić information content (AvgIpc) is 3.21. The van der Waals surface area contributed by atoms with Crippen LogP contribution in [0, 0.1) is 13.8 Å². The fourth-order valence-corrected chi connectivity index (χ4v) is 6.39. The topological polar surface area (TPSA) is 70.6 Å². The summed E-state index contributed by atoms with van der Waals surface area (Å²) in [5.74, 6) is -0.200. The summed E-state index contributed by atoms with van der Waals surface area (Å²) in [5, 5.41) is 1.15. The number of likely N-dealkylation sites (N-methyl/N-ethyl adjacent to an activating group) is 1. The van der Waals surface area contributed by atoms with E-state index in [1.165, 1.54) is 23.5 Å². The minimum absolute atomic E-state index is 0.0948. The largest absolute Gasteiger partial charge is 0.302 e. The highest BCUT2D eigenvalue weighted by atomic mass is 35.5. The van der Waals surface area contributed by atoms with Gasteiger partial charge in [-0.2, -0.15) is 0 Å². The molecule has 0 saturated carbocycles. The van der Waals surface area contributed by atoms with Gasteiger partial charge in [0.05, 0.1) is 20.9 Å². The molecular weight excluding hydrogens is 490 g/mol. The van der Waals surface area contributed by atoms with Gasteiger partial charge in [0.2, 0.25) is 5.91 Å².